The van der Waals surface area contributed by atoms with Gasteiger partial charge in [-0.3, -0.25) is 9.59 Å². The number of fused-ring (bicyclic) bond motifs is 1. The molecular weight excluding hydrogens is 220 g/mol. The van der Waals surface area contributed by atoms with Gasteiger partial charge in [-0.15, -0.1) is 0 Å². The fourth-order valence-electron chi connectivity index (χ4n) is 2.03. The summed E-state index contributed by atoms with van der Waals surface area (Å²) in [6, 6.07) is 5.18. The van der Waals surface area contributed by atoms with Crippen LogP contribution in [-0.4, -0.2) is 23.5 Å². The van der Waals surface area contributed by atoms with Gasteiger partial charge in [0.1, 0.15) is 0 Å². The van der Waals surface area contributed by atoms with Gasteiger partial charge < -0.3 is 16.2 Å². The predicted octanol–water partition coefficient (Wildman–Crippen LogP) is 0.869. The number of anilines is 1. The van der Waals surface area contributed by atoms with Crippen molar-refractivity contribution in [3.8, 4) is 0 Å². The van der Waals surface area contributed by atoms with E-state index in [1.165, 1.54) is 0 Å². The normalized spacial score (nSPS) is 19.6. The minimum absolute atomic E-state index is 0.0455. The highest BCUT2D eigenvalue weighted by atomic mass is 16.4. The molecule has 0 saturated heterocycles. The summed E-state index contributed by atoms with van der Waals surface area (Å²) in [4.78, 5) is 22.5. The number of carboxylic acids is 1. The molecule has 2 unspecified atom stereocenters. The van der Waals surface area contributed by atoms with Crippen LogP contribution in [0.5, 0.6) is 0 Å². The third-order valence-corrected chi connectivity index (χ3v) is 3.13. The number of carbonyl (C=O) groups is 2. The number of hydrogen-bond donors (Lipinski definition) is 3. The molecule has 0 fully saturated rings. The third kappa shape index (κ3) is 1.89. The molecule has 2 rings (SSSR count). The molecule has 90 valence electrons. The van der Waals surface area contributed by atoms with Crippen LogP contribution in [0, 0.1) is 0 Å². The molecule has 1 aromatic rings. The van der Waals surface area contributed by atoms with E-state index >= 15 is 0 Å². The number of rotatable bonds is 3. The fraction of sp³-hybridized carbons (Fsp3) is 0.333. The number of carboxylic acid groups (broad SMARTS) is 1. The van der Waals surface area contributed by atoms with Crippen molar-refractivity contribution >= 4 is 17.6 Å². The van der Waals surface area contributed by atoms with Crippen LogP contribution >= 0.6 is 0 Å². The predicted molar refractivity (Wildman–Crippen MR) is 62.9 cm³/mol. The molecule has 0 saturated carbocycles. The fourth-order valence-corrected chi connectivity index (χ4v) is 2.03. The lowest BCUT2D eigenvalue weighted by Gasteiger charge is -2.12. The number of benzene rings is 1. The molecule has 2 atom stereocenters. The second-order valence-electron chi connectivity index (χ2n) is 4.18. The second kappa shape index (κ2) is 4.18. The Bertz CT molecular complexity index is 485. The minimum atomic E-state index is -0.947. The average Bonchev–Trinajstić information content (AvgIpc) is 2.56. The van der Waals surface area contributed by atoms with E-state index in [1.54, 1.807) is 25.1 Å². The second-order valence-corrected chi connectivity index (χ2v) is 4.18. The first-order valence-electron chi connectivity index (χ1n) is 5.42. The zero-order chi connectivity index (χ0) is 12.6. The number of hydrogen-bond acceptors (Lipinski definition) is 3. The number of carbonyl (C=O) groups excluding carboxylic acids is 1. The summed E-state index contributed by atoms with van der Waals surface area (Å²) < 4.78 is 0. The largest absolute Gasteiger partial charge is 0.481 e. The van der Waals surface area contributed by atoms with Gasteiger partial charge in [-0.25, -0.2) is 0 Å². The Morgan fingerprint density at radius 1 is 1.59 bits per heavy atom. The van der Waals surface area contributed by atoms with E-state index in [0.717, 1.165) is 11.3 Å². The Hall–Kier alpha value is -1.88. The smallest absolute Gasteiger partial charge is 0.312 e. The Morgan fingerprint density at radius 3 is 2.88 bits per heavy atom. The summed E-state index contributed by atoms with van der Waals surface area (Å²) >= 11 is 0. The quantitative estimate of drug-likeness (QED) is 0.723. The molecule has 0 spiro atoms. The molecule has 1 amide bonds. The lowest BCUT2D eigenvalue weighted by molar-refractivity contribution is -0.138. The molecular formula is C12H14N2O3. The maximum atomic E-state index is 11.5. The van der Waals surface area contributed by atoms with Crippen molar-refractivity contribution in [3.63, 3.8) is 0 Å². The van der Waals surface area contributed by atoms with Crippen LogP contribution in [0.3, 0.4) is 0 Å². The van der Waals surface area contributed by atoms with Crippen LogP contribution in [0.25, 0.3) is 0 Å². The van der Waals surface area contributed by atoms with Crippen molar-refractivity contribution < 1.29 is 14.7 Å². The van der Waals surface area contributed by atoms with E-state index in [4.69, 9.17) is 10.8 Å². The highest BCUT2D eigenvalue weighted by molar-refractivity contribution is 6.02. The van der Waals surface area contributed by atoms with Crippen molar-refractivity contribution in [2.75, 3.05) is 11.9 Å². The first kappa shape index (κ1) is 11.6. The molecule has 0 aliphatic carbocycles. The molecule has 5 heteroatoms. The zero-order valence-corrected chi connectivity index (χ0v) is 9.43. The summed E-state index contributed by atoms with van der Waals surface area (Å²) in [6.07, 6.45) is 0. The van der Waals surface area contributed by atoms with E-state index in [-0.39, 0.29) is 18.4 Å². The van der Waals surface area contributed by atoms with Crippen molar-refractivity contribution in [3.05, 3.63) is 29.3 Å². The third-order valence-electron chi connectivity index (χ3n) is 3.13. The van der Waals surface area contributed by atoms with E-state index in [0.29, 0.717) is 5.56 Å². The number of amides is 1. The van der Waals surface area contributed by atoms with Crippen LogP contribution in [0.4, 0.5) is 5.69 Å². The Labute approximate surface area is 98.6 Å². The Balaban J connectivity index is 2.41. The van der Waals surface area contributed by atoms with Crippen LogP contribution in [0.15, 0.2) is 18.2 Å². The van der Waals surface area contributed by atoms with Gasteiger partial charge in [-0.05, 0) is 24.1 Å². The Kier molecular flexibility index (Phi) is 2.85. The van der Waals surface area contributed by atoms with Gasteiger partial charge in [-0.2, -0.15) is 0 Å². The van der Waals surface area contributed by atoms with Crippen molar-refractivity contribution in [2.45, 2.75) is 18.8 Å². The highest BCUT2D eigenvalue weighted by Gasteiger charge is 2.28. The van der Waals surface area contributed by atoms with Crippen molar-refractivity contribution in [1.29, 1.82) is 0 Å². The van der Waals surface area contributed by atoms with Crippen molar-refractivity contribution in [2.24, 2.45) is 5.73 Å². The molecule has 0 bridgehead atoms. The first-order valence-corrected chi connectivity index (χ1v) is 5.42. The van der Waals surface area contributed by atoms with Gasteiger partial charge in [0.15, 0.2) is 0 Å². The molecule has 1 aliphatic rings. The molecule has 1 heterocycles. The highest BCUT2D eigenvalue weighted by Crippen LogP contribution is 2.34. The maximum Gasteiger partial charge on any atom is 0.312 e. The number of nitrogens with one attached hydrogen (secondary N) is 1. The van der Waals surface area contributed by atoms with Crippen LogP contribution in [0.2, 0.25) is 0 Å². The molecule has 0 radical (unpaired) electrons. The molecule has 0 aromatic heterocycles. The SMILES string of the molecule is CC1C(=O)Nc2ccc(C(CN)C(=O)O)cc21. The zero-order valence-electron chi connectivity index (χ0n) is 9.43. The Morgan fingerprint density at radius 2 is 2.29 bits per heavy atom. The minimum Gasteiger partial charge on any atom is -0.481 e. The lowest BCUT2D eigenvalue weighted by Crippen LogP contribution is -2.21. The topological polar surface area (TPSA) is 92.4 Å². The van der Waals surface area contributed by atoms with E-state index in [2.05, 4.69) is 5.32 Å². The summed E-state index contributed by atoms with van der Waals surface area (Å²) in [6.45, 7) is 1.84. The monoisotopic (exact) mass is 234 g/mol. The van der Waals surface area contributed by atoms with Gasteiger partial charge in [-0.1, -0.05) is 12.1 Å². The molecule has 1 aromatic carbocycles. The lowest BCUT2D eigenvalue weighted by atomic mass is 9.94. The average molecular weight is 234 g/mol. The summed E-state index contributed by atoms with van der Waals surface area (Å²) in [5, 5.41) is 11.8. The van der Waals surface area contributed by atoms with E-state index < -0.39 is 11.9 Å². The van der Waals surface area contributed by atoms with Crippen LogP contribution in [0.1, 0.15) is 29.9 Å². The van der Waals surface area contributed by atoms with Gasteiger partial charge in [0.05, 0.1) is 11.8 Å². The van der Waals surface area contributed by atoms with Crippen LogP contribution < -0.4 is 11.1 Å². The molecule has 1 aliphatic heterocycles. The maximum absolute atomic E-state index is 11.5. The van der Waals surface area contributed by atoms with Crippen LogP contribution in [-0.2, 0) is 9.59 Å². The van der Waals surface area contributed by atoms with Crippen molar-refractivity contribution in [1.82, 2.24) is 0 Å². The molecule has 17 heavy (non-hydrogen) atoms. The standard InChI is InChI=1S/C12H14N2O3/c1-6-8-4-7(9(5-13)12(16)17)2-3-10(8)14-11(6)15/h2-4,6,9H,5,13H2,1H3,(H,14,15)(H,16,17). The van der Waals surface area contributed by atoms with E-state index in [9.17, 15) is 9.59 Å². The summed E-state index contributed by atoms with van der Waals surface area (Å²) in [7, 11) is 0. The number of aliphatic carboxylic acids is 1. The number of nitrogens with two attached hydrogens (primary N) is 1. The summed E-state index contributed by atoms with van der Waals surface area (Å²) in [5.41, 5.74) is 7.69. The first-order chi connectivity index (χ1) is 8.04. The summed E-state index contributed by atoms with van der Waals surface area (Å²) in [5.74, 6) is -1.96. The van der Waals surface area contributed by atoms with Gasteiger partial charge >= 0.3 is 5.97 Å². The van der Waals surface area contributed by atoms with Gasteiger partial charge in [0.25, 0.3) is 0 Å². The molecule has 4 N–H and O–H groups in total. The van der Waals surface area contributed by atoms with Gasteiger partial charge in [0.2, 0.25) is 5.91 Å². The van der Waals surface area contributed by atoms with Gasteiger partial charge in [0, 0.05) is 12.2 Å². The van der Waals surface area contributed by atoms with E-state index in [1.807, 2.05) is 0 Å². The molecule has 5 nitrogen and oxygen atoms in total.